The number of aliphatic hydroxyl groups is 1. The van der Waals surface area contributed by atoms with Crippen molar-refractivity contribution in [2.24, 2.45) is 0 Å². The number of aliphatic carboxylic acids is 1. The van der Waals surface area contributed by atoms with Crippen LogP contribution in [0.3, 0.4) is 0 Å². The molecular weight excluding hydrogens is 143 g/mol. The molecule has 0 aliphatic rings. The zero-order valence-electron chi connectivity index (χ0n) is 6.46. The van der Waals surface area contributed by atoms with Crippen LogP contribution in [0.4, 0.5) is 0 Å². The maximum absolute atomic E-state index is 9.84. The first-order chi connectivity index (χ1) is 4.18. The Kier molecular flexibility index (Phi) is 9.84. The van der Waals surface area contributed by atoms with Crippen LogP contribution in [0.2, 0.25) is 0 Å². The summed E-state index contributed by atoms with van der Waals surface area (Å²) in [6.07, 6.45) is 0.656. The summed E-state index contributed by atoms with van der Waals surface area (Å²) in [7, 11) is 0. The molecule has 10 heavy (non-hydrogen) atoms. The van der Waals surface area contributed by atoms with Crippen molar-refractivity contribution < 1.29 is 44.6 Å². The van der Waals surface area contributed by atoms with Gasteiger partial charge in [0, 0.05) is 0 Å². The third-order valence-electron chi connectivity index (χ3n) is 1.10. The van der Waals surface area contributed by atoms with Gasteiger partial charge in [-0.3, -0.25) is 0 Å². The molecule has 0 saturated heterocycles. The Morgan fingerprint density at radius 1 is 1.70 bits per heavy atom. The standard InChI is InChI=1S/C6H12O3.Na/c1-2-3-4-5(7)6(8)9;/h5,7H,2-4H2,1H3,(H,8,9);/q;+1/p-1/t5-;/m1./s1. The third-order valence-corrected chi connectivity index (χ3v) is 1.10. The molecule has 0 radical (unpaired) electrons. The minimum absolute atomic E-state index is 0. The Labute approximate surface area is 82.7 Å². The van der Waals surface area contributed by atoms with E-state index in [4.69, 9.17) is 5.11 Å². The van der Waals surface area contributed by atoms with E-state index in [0.29, 0.717) is 6.42 Å². The van der Waals surface area contributed by atoms with Crippen molar-refractivity contribution in [3.8, 4) is 0 Å². The van der Waals surface area contributed by atoms with Crippen molar-refractivity contribution in [3.05, 3.63) is 0 Å². The monoisotopic (exact) mass is 154 g/mol. The number of carboxylic acids is 1. The smallest absolute Gasteiger partial charge is 0.547 e. The van der Waals surface area contributed by atoms with Gasteiger partial charge < -0.3 is 15.0 Å². The number of unbranched alkanes of at least 4 members (excludes halogenated alkanes) is 1. The number of rotatable bonds is 4. The number of aliphatic hydroxyl groups excluding tert-OH is 1. The van der Waals surface area contributed by atoms with E-state index in [1.54, 1.807) is 0 Å². The van der Waals surface area contributed by atoms with E-state index < -0.39 is 12.1 Å². The number of hydrogen-bond acceptors (Lipinski definition) is 3. The van der Waals surface area contributed by atoms with Crippen LogP contribution in [0.25, 0.3) is 0 Å². The molecule has 1 N–H and O–H groups in total. The molecule has 1 atom stereocenters. The molecular formula is C6H11NaO3. The van der Waals surface area contributed by atoms with Gasteiger partial charge >= 0.3 is 29.6 Å². The van der Waals surface area contributed by atoms with Crippen molar-refractivity contribution in [1.29, 1.82) is 0 Å². The zero-order valence-corrected chi connectivity index (χ0v) is 8.46. The average molecular weight is 154 g/mol. The summed E-state index contributed by atoms with van der Waals surface area (Å²) in [6.45, 7) is 1.93. The van der Waals surface area contributed by atoms with Crippen LogP contribution in [0.1, 0.15) is 26.2 Å². The Balaban J connectivity index is 0. The van der Waals surface area contributed by atoms with Crippen LogP contribution >= 0.6 is 0 Å². The Morgan fingerprint density at radius 3 is 2.50 bits per heavy atom. The fourth-order valence-electron chi connectivity index (χ4n) is 0.515. The minimum atomic E-state index is -1.37. The first kappa shape index (κ1) is 13.1. The molecule has 0 rings (SSSR count). The van der Waals surface area contributed by atoms with E-state index in [-0.39, 0.29) is 29.6 Å². The number of carbonyl (C=O) groups excluding carboxylic acids is 1. The maximum atomic E-state index is 9.84. The van der Waals surface area contributed by atoms with Gasteiger partial charge in [-0.05, 0) is 6.42 Å². The molecule has 54 valence electrons. The summed E-state index contributed by atoms with van der Waals surface area (Å²) < 4.78 is 0. The van der Waals surface area contributed by atoms with E-state index in [1.807, 2.05) is 6.92 Å². The predicted molar refractivity (Wildman–Crippen MR) is 30.5 cm³/mol. The Morgan fingerprint density at radius 2 is 2.20 bits per heavy atom. The third kappa shape index (κ3) is 6.55. The largest absolute Gasteiger partial charge is 1.00 e. The number of carboxylic acid groups (broad SMARTS) is 1. The molecule has 3 nitrogen and oxygen atoms in total. The zero-order chi connectivity index (χ0) is 7.28. The normalized spacial score (nSPS) is 11.8. The van der Waals surface area contributed by atoms with Crippen LogP contribution in [0.5, 0.6) is 0 Å². The topological polar surface area (TPSA) is 60.4 Å². The average Bonchev–Trinajstić information content (AvgIpc) is 1.82. The molecule has 0 amide bonds. The van der Waals surface area contributed by atoms with Gasteiger partial charge in [0.15, 0.2) is 0 Å². The maximum Gasteiger partial charge on any atom is 1.00 e. The second-order valence-electron chi connectivity index (χ2n) is 1.98. The van der Waals surface area contributed by atoms with Crippen LogP contribution in [-0.4, -0.2) is 17.2 Å². The summed E-state index contributed by atoms with van der Waals surface area (Å²) in [4.78, 5) is 9.84. The van der Waals surface area contributed by atoms with E-state index in [9.17, 15) is 9.90 Å². The fraction of sp³-hybridized carbons (Fsp3) is 0.833. The molecule has 0 aliphatic heterocycles. The summed E-state index contributed by atoms with van der Waals surface area (Å²) in [5, 5.41) is 18.4. The molecule has 0 saturated carbocycles. The molecule has 0 heterocycles. The molecule has 0 bridgehead atoms. The van der Waals surface area contributed by atoms with Gasteiger partial charge in [0.2, 0.25) is 0 Å². The van der Waals surface area contributed by atoms with Gasteiger partial charge in [-0.15, -0.1) is 0 Å². The SMILES string of the molecule is CCCC[C@@H](O)C(=O)[O-].[Na+]. The quantitative estimate of drug-likeness (QED) is 0.424. The number of carbonyl (C=O) groups is 1. The first-order valence-electron chi connectivity index (χ1n) is 3.07. The van der Waals surface area contributed by atoms with E-state index in [2.05, 4.69) is 0 Å². The van der Waals surface area contributed by atoms with E-state index in [1.165, 1.54) is 0 Å². The second kappa shape index (κ2) is 7.54. The fourth-order valence-corrected chi connectivity index (χ4v) is 0.515. The molecule has 0 aromatic heterocycles. The summed E-state index contributed by atoms with van der Waals surface area (Å²) in [5.74, 6) is -1.37. The minimum Gasteiger partial charge on any atom is -0.547 e. The molecule has 4 heteroatoms. The summed E-state index contributed by atoms with van der Waals surface area (Å²) >= 11 is 0. The van der Waals surface area contributed by atoms with E-state index in [0.717, 1.165) is 12.8 Å². The molecule has 0 spiro atoms. The van der Waals surface area contributed by atoms with Gasteiger partial charge in [0.25, 0.3) is 0 Å². The van der Waals surface area contributed by atoms with Gasteiger partial charge in [0.05, 0.1) is 12.1 Å². The van der Waals surface area contributed by atoms with Crippen molar-refractivity contribution in [1.82, 2.24) is 0 Å². The Hall–Kier alpha value is 0.430. The molecule has 0 unspecified atom stereocenters. The number of hydrogen-bond donors (Lipinski definition) is 1. The molecule has 0 aliphatic carbocycles. The van der Waals surface area contributed by atoms with Gasteiger partial charge in [0.1, 0.15) is 0 Å². The van der Waals surface area contributed by atoms with Gasteiger partial charge in [-0.1, -0.05) is 19.8 Å². The summed E-state index contributed by atoms with van der Waals surface area (Å²) in [5.41, 5.74) is 0. The molecule has 0 aromatic carbocycles. The van der Waals surface area contributed by atoms with Crippen LogP contribution in [0, 0.1) is 0 Å². The molecule has 0 aromatic rings. The van der Waals surface area contributed by atoms with Crippen LogP contribution < -0.4 is 34.7 Å². The van der Waals surface area contributed by atoms with Crippen molar-refractivity contribution in [3.63, 3.8) is 0 Å². The summed E-state index contributed by atoms with van der Waals surface area (Å²) in [6, 6.07) is 0. The first-order valence-corrected chi connectivity index (χ1v) is 3.07. The Bertz CT molecular complexity index is 95.0. The van der Waals surface area contributed by atoms with Crippen molar-refractivity contribution in [2.45, 2.75) is 32.3 Å². The van der Waals surface area contributed by atoms with Crippen molar-refractivity contribution >= 4 is 5.97 Å². The second-order valence-corrected chi connectivity index (χ2v) is 1.98. The predicted octanol–water partition coefficient (Wildman–Crippen LogP) is -3.71. The van der Waals surface area contributed by atoms with Gasteiger partial charge in [-0.25, -0.2) is 0 Å². The molecule has 0 fully saturated rings. The van der Waals surface area contributed by atoms with Crippen LogP contribution in [0.15, 0.2) is 0 Å². The van der Waals surface area contributed by atoms with Gasteiger partial charge in [-0.2, -0.15) is 0 Å². The van der Waals surface area contributed by atoms with Crippen molar-refractivity contribution in [2.75, 3.05) is 0 Å². The van der Waals surface area contributed by atoms with Crippen LogP contribution in [-0.2, 0) is 4.79 Å². The van der Waals surface area contributed by atoms with E-state index >= 15 is 0 Å².